The Kier molecular flexibility index (Phi) is 5.54. The molecule has 3 heterocycles. The average Bonchev–Trinajstić information content (AvgIpc) is 3.04. The van der Waals surface area contributed by atoms with E-state index in [0.717, 1.165) is 28.4 Å². The fourth-order valence-corrected chi connectivity index (χ4v) is 4.41. The van der Waals surface area contributed by atoms with Crippen LogP contribution in [0.3, 0.4) is 0 Å². The summed E-state index contributed by atoms with van der Waals surface area (Å²) >= 11 is 9.71. The molecule has 29 heavy (non-hydrogen) atoms. The molecule has 1 aromatic heterocycles. The number of halogens is 5. The highest BCUT2D eigenvalue weighted by Gasteiger charge is 2.48. The monoisotopic (exact) mass is 490 g/mol. The highest BCUT2D eigenvalue weighted by atomic mass is 79.9. The molecule has 1 saturated heterocycles. The van der Waals surface area contributed by atoms with E-state index in [0.29, 0.717) is 18.7 Å². The molecule has 2 aliphatic heterocycles. The molecule has 0 aliphatic carbocycles. The van der Waals surface area contributed by atoms with Gasteiger partial charge in [0, 0.05) is 24.0 Å². The number of alkyl halides is 3. The lowest BCUT2D eigenvalue weighted by Crippen LogP contribution is -2.37. The van der Waals surface area contributed by atoms with Crippen LogP contribution in [0.15, 0.2) is 28.7 Å². The van der Waals surface area contributed by atoms with Gasteiger partial charge >= 0.3 is 6.18 Å². The van der Waals surface area contributed by atoms with Crippen molar-refractivity contribution < 1.29 is 18.0 Å². The molecule has 1 N–H and O–H groups in total. The van der Waals surface area contributed by atoms with Gasteiger partial charge in [-0.15, -0.1) is 0 Å². The predicted octanol–water partition coefficient (Wildman–Crippen LogP) is 5.59. The maximum Gasteiger partial charge on any atom is 0.410 e. The first-order valence-electron chi connectivity index (χ1n) is 9.41. The van der Waals surface area contributed by atoms with E-state index in [9.17, 15) is 18.0 Å². The number of carbonyl (C=O) groups excluding carboxylic acids is 1. The second kappa shape index (κ2) is 7.83. The van der Waals surface area contributed by atoms with Crippen LogP contribution < -0.4 is 5.32 Å². The number of hydrogen-bond donors (Lipinski definition) is 1. The lowest BCUT2D eigenvalue weighted by molar-refractivity contribution is -0.173. The van der Waals surface area contributed by atoms with Crippen molar-refractivity contribution in [2.75, 3.05) is 18.4 Å². The molecule has 2 aromatic rings. The lowest BCUT2D eigenvalue weighted by atomic mass is 9.97. The SMILES string of the molecule is O=C(c1nn2c(c1Cl)N[C@H](c1ccc(Br)cc1)C[C@H]2C(F)(F)F)N1CCCCC1. The first kappa shape index (κ1) is 20.5. The minimum Gasteiger partial charge on any atom is -0.362 e. The summed E-state index contributed by atoms with van der Waals surface area (Å²) < 4.78 is 43.2. The third-order valence-corrected chi connectivity index (χ3v) is 6.30. The van der Waals surface area contributed by atoms with Crippen LogP contribution in [-0.4, -0.2) is 39.9 Å². The fourth-order valence-electron chi connectivity index (χ4n) is 3.89. The molecule has 0 bridgehead atoms. The number of likely N-dealkylation sites (tertiary alicyclic amines) is 1. The van der Waals surface area contributed by atoms with Gasteiger partial charge in [0.05, 0.1) is 6.04 Å². The molecule has 0 radical (unpaired) electrons. The molecule has 2 atom stereocenters. The minimum absolute atomic E-state index is 0.0357. The number of benzene rings is 1. The van der Waals surface area contributed by atoms with Crippen molar-refractivity contribution in [2.45, 2.75) is 43.9 Å². The second-order valence-corrected chi connectivity index (χ2v) is 8.64. The van der Waals surface area contributed by atoms with Crippen molar-refractivity contribution in [3.05, 3.63) is 45.0 Å². The van der Waals surface area contributed by atoms with Crippen LogP contribution >= 0.6 is 27.5 Å². The highest BCUT2D eigenvalue weighted by Crippen LogP contribution is 2.46. The van der Waals surface area contributed by atoms with Gasteiger partial charge in [-0.1, -0.05) is 39.7 Å². The molecule has 0 unspecified atom stereocenters. The summed E-state index contributed by atoms with van der Waals surface area (Å²) in [5.41, 5.74) is 0.580. The summed E-state index contributed by atoms with van der Waals surface area (Å²) in [5, 5.41) is 7.02. The maximum absolute atomic E-state index is 13.8. The van der Waals surface area contributed by atoms with Crippen molar-refractivity contribution in [1.82, 2.24) is 14.7 Å². The largest absolute Gasteiger partial charge is 0.410 e. The van der Waals surface area contributed by atoms with Gasteiger partial charge in [0.25, 0.3) is 5.91 Å². The smallest absolute Gasteiger partial charge is 0.362 e. The van der Waals surface area contributed by atoms with E-state index in [1.54, 1.807) is 29.2 Å². The molecule has 2 aliphatic rings. The van der Waals surface area contributed by atoms with Gasteiger partial charge in [-0.2, -0.15) is 18.3 Å². The standard InChI is InChI=1S/C19H19BrClF3N4O/c20-12-6-4-11(5-7-12)13-10-14(19(22,23)24)28-17(25-13)15(21)16(26-28)18(29)27-8-2-1-3-9-27/h4-7,13-14,25H,1-3,8-10H2/t13-,14-/m0/s1. The van der Waals surface area contributed by atoms with E-state index in [1.807, 2.05) is 0 Å². The number of piperidine rings is 1. The number of nitrogens with zero attached hydrogens (tertiary/aromatic N) is 3. The van der Waals surface area contributed by atoms with Gasteiger partial charge in [0.2, 0.25) is 0 Å². The Morgan fingerprint density at radius 2 is 1.83 bits per heavy atom. The van der Waals surface area contributed by atoms with Crippen molar-refractivity contribution in [2.24, 2.45) is 0 Å². The number of fused-ring (bicyclic) bond motifs is 1. The molecule has 5 nitrogen and oxygen atoms in total. The van der Waals surface area contributed by atoms with Crippen LogP contribution in [0.1, 0.15) is 53.8 Å². The first-order valence-corrected chi connectivity index (χ1v) is 10.6. The van der Waals surface area contributed by atoms with E-state index >= 15 is 0 Å². The average molecular weight is 492 g/mol. The molecule has 0 saturated carbocycles. The topological polar surface area (TPSA) is 50.2 Å². The molecule has 1 aromatic carbocycles. The Bertz CT molecular complexity index is 909. The van der Waals surface area contributed by atoms with Gasteiger partial charge in [0.15, 0.2) is 11.7 Å². The number of anilines is 1. The Morgan fingerprint density at radius 3 is 2.45 bits per heavy atom. The number of hydrogen-bond acceptors (Lipinski definition) is 3. The summed E-state index contributed by atoms with van der Waals surface area (Å²) in [7, 11) is 0. The minimum atomic E-state index is -4.52. The fraction of sp³-hybridized carbons (Fsp3) is 0.474. The first-order chi connectivity index (χ1) is 13.8. The molecular formula is C19H19BrClF3N4O. The Hall–Kier alpha value is -1.74. The predicted molar refractivity (Wildman–Crippen MR) is 107 cm³/mol. The van der Waals surface area contributed by atoms with Crippen LogP contribution in [0.25, 0.3) is 0 Å². The molecule has 1 amide bonds. The molecular weight excluding hydrogens is 473 g/mol. The zero-order chi connectivity index (χ0) is 20.8. The molecule has 0 spiro atoms. The zero-order valence-electron chi connectivity index (χ0n) is 15.3. The van der Waals surface area contributed by atoms with E-state index in [2.05, 4.69) is 26.3 Å². The van der Waals surface area contributed by atoms with E-state index < -0.39 is 24.2 Å². The number of rotatable bonds is 2. The normalized spacial score (nSPS) is 22.2. The van der Waals surface area contributed by atoms with Crippen molar-refractivity contribution in [1.29, 1.82) is 0 Å². The zero-order valence-corrected chi connectivity index (χ0v) is 17.7. The third-order valence-electron chi connectivity index (χ3n) is 5.41. The second-order valence-electron chi connectivity index (χ2n) is 7.35. The van der Waals surface area contributed by atoms with Gasteiger partial charge in [-0.05, 0) is 37.0 Å². The van der Waals surface area contributed by atoms with E-state index in [4.69, 9.17) is 11.6 Å². The van der Waals surface area contributed by atoms with Crippen LogP contribution in [-0.2, 0) is 0 Å². The Labute approximate surface area is 179 Å². The van der Waals surface area contributed by atoms with Gasteiger partial charge < -0.3 is 10.2 Å². The summed E-state index contributed by atoms with van der Waals surface area (Å²) in [6.45, 7) is 1.13. The molecule has 4 rings (SSSR count). The van der Waals surface area contributed by atoms with Gasteiger partial charge in [-0.3, -0.25) is 4.79 Å². The van der Waals surface area contributed by atoms with E-state index in [-0.39, 0.29) is 23.0 Å². The van der Waals surface area contributed by atoms with E-state index in [1.165, 1.54) is 0 Å². The van der Waals surface area contributed by atoms with Crippen molar-refractivity contribution >= 4 is 39.3 Å². The van der Waals surface area contributed by atoms with Gasteiger partial charge in [0.1, 0.15) is 10.8 Å². The number of amides is 1. The maximum atomic E-state index is 13.8. The third kappa shape index (κ3) is 3.99. The quantitative estimate of drug-likeness (QED) is 0.596. The number of carbonyl (C=O) groups is 1. The highest BCUT2D eigenvalue weighted by molar-refractivity contribution is 9.10. The summed E-state index contributed by atoms with van der Waals surface area (Å²) in [5.74, 6) is -0.381. The summed E-state index contributed by atoms with van der Waals surface area (Å²) in [4.78, 5) is 14.4. The van der Waals surface area contributed by atoms with Gasteiger partial charge in [-0.25, -0.2) is 4.68 Å². The number of aromatic nitrogens is 2. The number of nitrogens with one attached hydrogen (secondary N) is 1. The lowest BCUT2D eigenvalue weighted by Gasteiger charge is -2.33. The van der Waals surface area contributed by atoms with Crippen molar-refractivity contribution in [3.63, 3.8) is 0 Å². The van der Waals surface area contributed by atoms with Crippen LogP contribution in [0.5, 0.6) is 0 Å². The Balaban J connectivity index is 1.71. The van der Waals surface area contributed by atoms with Crippen LogP contribution in [0.4, 0.5) is 19.0 Å². The van der Waals surface area contributed by atoms with Crippen LogP contribution in [0, 0.1) is 0 Å². The Morgan fingerprint density at radius 1 is 1.17 bits per heavy atom. The summed E-state index contributed by atoms with van der Waals surface area (Å²) in [6, 6.07) is 4.60. The molecule has 1 fully saturated rings. The van der Waals surface area contributed by atoms with Crippen LogP contribution in [0.2, 0.25) is 5.02 Å². The summed E-state index contributed by atoms with van der Waals surface area (Å²) in [6.07, 6.45) is -2.00. The molecule has 156 valence electrons. The van der Waals surface area contributed by atoms with Crippen molar-refractivity contribution in [3.8, 4) is 0 Å². The molecule has 10 heteroatoms.